The summed E-state index contributed by atoms with van der Waals surface area (Å²) in [6.07, 6.45) is 8.03. The molecule has 0 saturated carbocycles. The van der Waals surface area contributed by atoms with E-state index in [1.54, 1.807) is 48.9 Å². The summed E-state index contributed by atoms with van der Waals surface area (Å²) in [6, 6.07) is 12.3. The van der Waals surface area contributed by atoms with Crippen molar-refractivity contribution >= 4 is 23.6 Å². The molecule has 2 amide bonds. The Morgan fingerprint density at radius 1 is 1.12 bits per heavy atom. The second-order valence-electron chi connectivity index (χ2n) is 5.14. The molecular weight excluding hydrogens is 318 g/mol. The minimum absolute atomic E-state index is 0.151. The van der Waals surface area contributed by atoms with Crippen LogP contribution in [0.3, 0.4) is 0 Å². The molecule has 124 valence electrons. The first-order valence-corrected chi connectivity index (χ1v) is 7.47. The van der Waals surface area contributed by atoms with Crippen LogP contribution in [0.2, 0.25) is 0 Å². The van der Waals surface area contributed by atoms with E-state index in [0.717, 1.165) is 5.56 Å². The van der Waals surface area contributed by atoms with E-state index in [1.807, 2.05) is 12.1 Å². The van der Waals surface area contributed by atoms with E-state index >= 15 is 0 Å². The molecule has 0 unspecified atom stereocenters. The molecule has 3 rings (SSSR count). The van der Waals surface area contributed by atoms with Gasteiger partial charge in [-0.2, -0.15) is 5.10 Å². The number of rotatable bonds is 5. The summed E-state index contributed by atoms with van der Waals surface area (Å²) in [5.74, 6) is -0.904. The van der Waals surface area contributed by atoms with Crippen LogP contribution < -0.4 is 11.1 Å². The number of carbonyl (C=O) groups excluding carboxylic acids is 2. The average molecular weight is 333 g/mol. The number of primary amides is 1. The van der Waals surface area contributed by atoms with Gasteiger partial charge in [0.05, 0.1) is 11.4 Å². The van der Waals surface area contributed by atoms with E-state index in [9.17, 15) is 9.59 Å². The van der Waals surface area contributed by atoms with Gasteiger partial charge in [-0.25, -0.2) is 4.68 Å². The molecule has 0 aliphatic carbocycles. The summed E-state index contributed by atoms with van der Waals surface area (Å²) < 4.78 is 1.49. The Labute approximate surface area is 143 Å². The van der Waals surface area contributed by atoms with Gasteiger partial charge in [0, 0.05) is 24.7 Å². The first-order valence-electron chi connectivity index (χ1n) is 7.47. The molecule has 3 aromatic rings. The van der Waals surface area contributed by atoms with Gasteiger partial charge in [0.2, 0.25) is 5.91 Å². The summed E-state index contributed by atoms with van der Waals surface area (Å²) in [5, 5.41) is 6.90. The monoisotopic (exact) mass is 333 g/mol. The number of nitrogens with one attached hydrogen (secondary N) is 1. The average Bonchev–Trinajstić information content (AvgIpc) is 3.12. The van der Waals surface area contributed by atoms with Crippen LogP contribution >= 0.6 is 0 Å². The molecule has 0 spiro atoms. The molecule has 0 aliphatic rings. The van der Waals surface area contributed by atoms with Gasteiger partial charge in [-0.15, -0.1) is 0 Å². The second-order valence-corrected chi connectivity index (χ2v) is 5.14. The Morgan fingerprint density at radius 2 is 1.96 bits per heavy atom. The fourth-order valence-electron chi connectivity index (χ4n) is 2.19. The molecule has 0 aliphatic heterocycles. The Hall–Kier alpha value is -3.74. The number of nitrogens with two attached hydrogens (primary N) is 1. The number of pyridine rings is 1. The van der Waals surface area contributed by atoms with Crippen LogP contribution in [0.15, 0.2) is 67.1 Å². The molecule has 0 fully saturated rings. The fraction of sp³-hybridized carbons (Fsp3) is 0. The van der Waals surface area contributed by atoms with Crippen molar-refractivity contribution in [2.24, 2.45) is 5.73 Å². The van der Waals surface area contributed by atoms with Crippen LogP contribution in [0.4, 0.5) is 5.69 Å². The predicted octanol–water partition coefficient (Wildman–Crippen LogP) is 2.02. The minimum atomic E-state index is -0.611. The number of amides is 2. The Kier molecular flexibility index (Phi) is 4.66. The molecule has 0 saturated heterocycles. The zero-order valence-corrected chi connectivity index (χ0v) is 13.2. The highest BCUT2D eigenvalue weighted by Crippen LogP contribution is 2.19. The zero-order valence-electron chi connectivity index (χ0n) is 13.2. The molecule has 0 bridgehead atoms. The highest BCUT2D eigenvalue weighted by atomic mass is 16.2. The van der Waals surface area contributed by atoms with Crippen molar-refractivity contribution in [2.45, 2.75) is 0 Å². The molecule has 0 atom stereocenters. The maximum absolute atomic E-state index is 12.2. The highest BCUT2D eigenvalue weighted by molar-refractivity contribution is 6.03. The number of hydrogen-bond donors (Lipinski definition) is 2. The van der Waals surface area contributed by atoms with Gasteiger partial charge in [0.25, 0.3) is 5.91 Å². The third-order valence-corrected chi connectivity index (χ3v) is 3.36. The summed E-state index contributed by atoms with van der Waals surface area (Å²) in [6.45, 7) is 0. The molecular formula is C18H15N5O2. The van der Waals surface area contributed by atoms with Crippen LogP contribution in [-0.2, 0) is 4.79 Å². The zero-order chi connectivity index (χ0) is 17.6. The van der Waals surface area contributed by atoms with Crippen LogP contribution in [0, 0.1) is 0 Å². The van der Waals surface area contributed by atoms with Gasteiger partial charge in [-0.05, 0) is 35.9 Å². The standard InChI is InChI=1S/C18H15N5O2/c19-18(25)15-9-11-23(22-15)16-6-2-1-5-14(16)21-17(24)8-7-13-4-3-10-20-12-13/h1-12H,(H2,19,25)(H,21,24). The number of aromatic nitrogens is 3. The van der Waals surface area contributed by atoms with Crippen molar-refractivity contribution in [3.05, 3.63) is 78.4 Å². The normalized spacial score (nSPS) is 10.7. The number of hydrogen-bond acceptors (Lipinski definition) is 4. The van der Waals surface area contributed by atoms with E-state index in [-0.39, 0.29) is 11.6 Å². The number of anilines is 1. The lowest BCUT2D eigenvalue weighted by Crippen LogP contribution is -2.13. The molecule has 7 heteroatoms. The van der Waals surface area contributed by atoms with Crippen LogP contribution in [0.5, 0.6) is 0 Å². The molecule has 25 heavy (non-hydrogen) atoms. The Bertz CT molecular complexity index is 931. The van der Waals surface area contributed by atoms with Crippen molar-refractivity contribution in [2.75, 3.05) is 5.32 Å². The van der Waals surface area contributed by atoms with Crippen LogP contribution in [-0.4, -0.2) is 26.6 Å². The SMILES string of the molecule is NC(=O)c1ccn(-c2ccccc2NC(=O)C=Cc2cccnc2)n1. The van der Waals surface area contributed by atoms with Crippen molar-refractivity contribution in [1.29, 1.82) is 0 Å². The maximum atomic E-state index is 12.2. The third kappa shape index (κ3) is 3.97. The van der Waals surface area contributed by atoms with Crippen molar-refractivity contribution in [3.8, 4) is 5.69 Å². The smallest absolute Gasteiger partial charge is 0.269 e. The molecule has 0 radical (unpaired) electrons. The first kappa shape index (κ1) is 16.1. The second kappa shape index (κ2) is 7.22. The van der Waals surface area contributed by atoms with E-state index in [4.69, 9.17) is 5.73 Å². The minimum Gasteiger partial charge on any atom is -0.364 e. The molecule has 1 aromatic carbocycles. The molecule has 3 N–H and O–H groups in total. The van der Waals surface area contributed by atoms with Gasteiger partial charge in [0.15, 0.2) is 0 Å². The maximum Gasteiger partial charge on any atom is 0.269 e. The van der Waals surface area contributed by atoms with Gasteiger partial charge < -0.3 is 11.1 Å². The van der Waals surface area contributed by atoms with Gasteiger partial charge in [-0.3, -0.25) is 14.6 Å². The fourth-order valence-corrected chi connectivity index (χ4v) is 2.19. The van der Waals surface area contributed by atoms with Crippen LogP contribution in [0.25, 0.3) is 11.8 Å². The lowest BCUT2D eigenvalue weighted by Gasteiger charge is -2.09. The number of carbonyl (C=O) groups is 2. The highest BCUT2D eigenvalue weighted by Gasteiger charge is 2.10. The Balaban J connectivity index is 1.80. The third-order valence-electron chi connectivity index (χ3n) is 3.36. The number of nitrogens with zero attached hydrogens (tertiary/aromatic N) is 3. The van der Waals surface area contributed by atoms with Crippen molar-refractivity contribution < 1.29 is 9.59 Å². The summed E-state index contributed by atoms with van der Waals surface area (Å²) in [5.41, 5.74) is 7.37. The van der Waals surface area contributed by atoms with E-state index in [1.165, 1.54) is 16.8 Å². The number of para-hydroxylation sites is 2. The van der Waals surface area contributed by atoms with E-state index in [0.29, 0.717) is 11.4 Å². The van der Waals surface area contributed by atoms with E-state index < -0.39 is 5.91 Å². The summed E-state index contributed by atoms with van der Waals surface area (Å²) in [4.78, 5) is 27.3. The molecule has 2 aromatic heterocycles. The quantitative estimate of drug-likeness (QED) is 0.697. The number of benzene rings is 1. The van der Waals surface area contributed by atoms with Gasteiger partial charge in [-0.1, -0.05) is 18.2 Å². The van der Waals surface area contributed by atoms with Gasteiger partial charge >= 0.3 is 0 Å². The lowest BCUT2D eigenvalue weighted by molar-refractivity contribution is -0.111. The van der Waals surface area contributed by atoms with Crippen LogP contribution in [0.1, 0.15) is 16.1 Å². The first-order chi connectivity index (χ1) is 12.1. The van der Waals surface area contributed by atoms with E-state index in [2.05, 4.69) is 15.4 Å². The Morgan fingerprint density at radius 3 is 2.68 bits per heavy atom. The topological polar surface area (TPSA) is 103 Å². The summed E-state index contributed by atoms with van der Waals surface area (Å²) in [7, 11) is 0. The summed E-state index contributed by atoms with van der Waals surface area (Å²) >= 11 is 0. The van der Waals surface area contributed by atoms with Crippen molar-refractivity contribution in [3.63, 3.8) is 0 Å². The van der Waals surface area contributed by atoms with Gasteiger partial charge in [0.1, 0.15) is 5.69 Å². The molecule has 2 heterocycles. The predicted molar refractivity (Wildman–Crippen MR) is 94.0 cm³/mol. The lowest BCUT2D eigenvalue weighted by atomic mass is 10.2. The largest absolute Gasteiger partial charge is 0.364 e. The molecule has 7 nitrogen and oxygen atoms in total. The van der Waals surface area contributed by atoms with Crippen molar-refractivity contribution in [1.82, 2.24) is 14.8 Å².